The minimum absolute atomic E-state index is 0.0320. The molecule has 1 atom stereocenters. The lowest BCUT2D eigenvalue weighted by molar-refractivity contribution is -0.138. The standard InChI is InChI=1S/C18H16Cl3NO2/c19-14-7-13(8-15(20)10-14)17-11-22(5-6-24-17)18(23)9-12-3-1-2-4-16(12)21/h1-4,7-8,10,17H,5-6,9,11H2. The summed E-state index contributed by atoms with van der Waals surface area (Å²) in [5.41, 5.74) is 1.71. The molecule has 126 valence electrons. The number of hydrogen-bond donors (Lipinski definition) is 0. The van der Waals surface area contributed by atoms with Crippen molar-refractivity contribution < 1.29 is 9.53 Å². The Balaban J connectivity index is 1.71. The van der Waals surface area contributed by atoms with Crippen molar-refractivity contribution in [3.8, 4) is 0 Å². The van der Waals surface area contributed by atoms with E-state index in [1.54, 1.807) is 17.0 Å². The zero-order chi connectivity index (χ0) is 17.1. The summed E-state index contributed by atoms with van der Waals surface area (Å²) in [6.45, 7) is 1.51. The number of carbonyl (C=O) groups is 1. The summed E-state index contributed by atoms with van der Waals surface area (Å²) in [7, 11) is 0. The number of ether oxygens (including phenoxy) is 1. The Morgan fingerprint density at radius 2 is 1.83 bits per heavy atom. The highest BCUT2D eigenvalue weighted by molar-refractivity contribution is 6.34. The summed E-state index contributed by atoms with van der Waals surface area (Å²) in [6, 6.07) is 12.7. The fourth-order valence-corrected chi connectivity index (χ4v) is 3.50. The van der Waals surface area contributed by atoms with Gasteiger partial charge in [0, 0.05) is 21.6 Å². The zero-order valence-electron chi connectivity index (χ0n) is 12.8. The van der Waals surface area contributed by atoms with Crippen molar-refractivity contribution in [2.24, 2.45) is 0 Å². The second-order valence-corrected chi connectivity index (χ2v) is 6.95. The Bertz CT molecular complexity index is 731. The van der Waals surface area contributed by atoms with E-state index in [9.17, 15) is 4.79 Å². The summed E-state index contributed by atoms with van der Waals surface area (Å²) in [5, 5.41) is 1.72. The quantitative estimate of drug-likeness (QED) is 0.761. The molecule has 0 N–H and O–H groups in total. The Morgan fingerprint density at radius 1 is 1.12 bits per heavy atom. The minimum atomic E-state index is -0.231. The molecule has 1 saturated heterocycles. The normalized spacial score (nSPS) is 17.8. The first kappa shape index (κ1) is 17.6. The van der Waals surface area contributed by atoms with Crippen LogP contribution in [0.3, 0.4) is 0 Å². The number of nitrogens with zero attached hydrogens (tertiary/aromatic N) is 1. The topological polar surface area (TPSA) is 29.5 Å². The summed E-state index contributed by atoms with van der Waals surface area (Å²) in [6.07, 6.45) is 0.0491. The number of rotatable bonds is 3. The van der Waals surface area contributed by atoms with Crippen molar-refractivity contribution in [2.75, 3.05) is 19.7 Å². The molecule has 1 heterocycles. The number of morpholine rings is 1. The number of benzene rings is 2. The second-order valence-electron chi connectivity index (χ2n) is 5.67. The average Bonchev–Trinajstić information content (AvgIpc) is 2.56. The van der Waals surface area contributed by atoms with Crippen molar-refractivity contribution in [1.29, 1.82) is 0 Å². The predicted molar refractivity (Wildman–Crippen MR) is 96.9 cm³/mol. The molecule has 6 heteroatoms. The maximum Gasteiger partial charge on any atom is 0.227 e. The van der Waals surface area contributed by atoms with Crippen LogP contribution in [0, 0.1) is 0 Å². The molecule has 2 aromatic rings. The number of carbonyl (C=O) groups excluding carboxylic acids is 1. The lowest BCUT2D eigenvalue weighted by atomic mass is 10.1. The Kier molecular flexibility index (Phi) is 5.67. The van der Waals surface area contributed by atoms with Gasteiger partial charge in [0.15, 0.2) is 0 Å². The lowest BCUT2D eigenvalue weighted by Gasteiger charge is -2.33. The molecule has 0 spiro atoms. The molecule has 1 fully saturated rings. The van der Waals surface area contributed by atoms with Gasteiger partial charge in [0.1, 0.15) is 6.10 Å². The van der Waals surface area contributed by atoms with Crippen LogP contribution in [0.5, 0.6) is 0 Å². The molecule has 2 aromatic carbocycles. The van der Waals surface area contributed by atoms with Gasteiger partial charge in [-0.05, 0) is 35.4 Å². The van der Waals surface area contributed by atoms with E-state index in [-0.39, 0.29) is 18.4 Å². The number of hydrogen-bond acceptors (Lipinski definition) is 2. The molecule has 0 aliphatic carbocycles. The average molecular weight is 385 g/mol. The molecule has 1 amide bonds. The molecule has 0 radical (unpaired) electrons. The minimum Gasteiger partial charge on any atom is -0.370 e. The first-order chi connectivity index (χ1) is 11.5. The van der Waals surface area contributed by atoms with E-state index < -0.39 is 0 Å². The van der Waals surface area contributed by atoms with Crippen molar-refractivity contribution >= 4 is 40.7 Å². The maximum absolute atomic E-state index is 12.6. The molecule has 1 unspecified atom stereocenters. The largest absolute Gasteiger partial charge is 0.370 e. The molecule has 0 aromatic heterocycles. The van der Waals surface area contributed by atoms with E-state index in [4.69, 9.17) is 39.5 Å². The third kappa shape index (κ3) is 4.22. The van der Waals surface area contributed by atoms with Gasteiger partial charge in [-0.2, -0.15) is 0 Å². The molecule has 3 rings (SSSR count). The Labute approximate surface area is 156 Å². The van der Waals surface area contributed by atoms with Crippen molar-refractivity contribution in [1.82, 2.24) is 4.90 Å². The first-order valence-electron chi connectivity index (χ1n) is 7.61. The molecule has 24 heavy (non-hydrogen) atoms. The molecule has 0 bridgehead atoms. The number of amides is 1. The van der Waals surface area contributed by atoms with Crippen LogP contribution in [0.4, 0.5) is 0 Å². The van der Waals surface area contributed by atoms with Gasteiger partial charge in [-0.3, -0.25) is 4.79 Å². The maximum atomic E-state index is 12.6. The van der Waals surface area contributed by atoms with Gasteiger partial charge in [-0.15, -0.1) is 0 Å². The van der Waals surface area contributed by atoms with Crippen molar-refractivity contribution in [2.45, 2.75) is 12.5 Å². The third-order valence-electron chi connectivity index (χ3n) is 3.98. The third-order valence-corrected chi connectivity index (χ3v) is 4.78. The van der Waals surface area contributed by atoms with Crippen LogP contribution in [0.2, 0.25) is 15.1 Å². The lowest BCUT2D eigenvalue weighted by Crippen LogP contribution is -2.43. The van der Waals surface area contributed by atoms with Crippen LogP contribution in [0.15, 0.2) is 42.5 Å². The van der Waals surface area contributed by atoms with Gasteiger partial charge in [0.25, 0.3) is 0 Å². The van der Waals surface area contributed by atoms with E-state index in [2.05, 4.69) is 0 Å². The summed E-state index contributed by atoms with van der Waals surface area (Å²) in [5.74, 6) is 0.0320. The Hall–Kier alpha value is -1.26. The molecule has 3 nitrogen and oxygen atoms in total. The Morgan fingerprint density at radius 3 is 2.54 bits per heavy atom. The van der Waals surface area contributed by atoms with Crippen LogP contribution in [0.25, 0.3) is 0 Å². The number of halogens is 3. The first-order valence-corrected chi connectivity index (χ1v) is 8.75. The molecule has 0 saturated carbocycles. The fraction of sp³-hybridized carbons (Fsp3) is 0.278. The van der Waals surface area contributed by atoms with Crippen molar-refractivity contribution in [3.05, 3.63) is 68.7 Å². The molecule has 1 aliphatic heterocycles. The van der Waals surface area contributed by atoms with E-state index in [0.29, 0.717) is 34.8 Å². The smallest absolute Gasteiger partial charge is 0.227 e. The summed E-state index contributed by atoms with van der Waals surface area (Å²) in [4.78, 5) is 14.4. The van der Waals surface area contributed by atoms with Crippen LogP contribution >= 0.6 is 34.8 Å². The van der Waals surface area contributed by atoms with Crippen LogP contribution < -0.4 is 0 Å². The highest BCUT2D eigenvalue weighted by atomic mass is 35.5. The van der Waals surface area contributed by atoms with Gasteiger partial charge < -0.3 is 9.64 Å². The van der Waals surface area contributed by atoms with Gasteiger partial charge in [-0.1, -0.05) is 53.0 Å². The van der Waals surface area contributed by atoms with E-state index >= 15 is 0 Å². The summed E-state index contributed by atoms with van der Waals surface area (Å²) < 4.78 is 5.79. The molecule has 1 aliphatic rings. The SMILES string of the molecule is O=C(Cc1ccccc1Cl)N1CCOC(c2cc(Cl)cc(Cl)c2)C1. The van der Waals surface area contributed by atoms with Gasteiger partial charge in [0.05, 0.1) is 19.6 Å². The predicted octanol–water partition coefficient (Wildman–Crippen LogP) is 4.79. The van der Waals surface area contributed by atoms with E-state index in [0.717, 1.165) is 11.1 Å². The molecular formula is C18H16Cl3NO2. The van der Waals surface area contributed by atoms with Gasteiger partial charge in [-0.25, -0.2) is 0 Å². The molecular weight excluding hydrogens is 369 g/mol. The highest BCUT2D eigenvalue weighted by Crippen LogP contribution is 2.28. The highest BCUT2D eigenvalue weighted by Gasteiger charge is 2.26. The fourth-order valence-electron chi connectivity index (χ4n) is 2.76. The zero-order valence-corrected chi connectivity index (χ0v) is 15.1. The van der Waals surface area contributed by atoms with E-state index in [1.807, 2.05) is 30.3 Å². The summed E-state index contributed by atoms with van der Waals surface area (Å²) >= 11 is 18.3. The van der Waals surface area contributed by atoms with Crippen molar-refractivity contribution in [3.63, 3.8) is 0 Å². The van der Waals surface area contributed by atoms with E-state index in [1.165, 1.54) is 0 Å². The van der Waals surface area contributed by atoms with Crippen LogP contribution in [0.1, 0.15) is 17.2 Å². The van der Waals surface area contributed by atoms with Crippen LogP contribution in [-0.2, 0) is 16.0 Å². The van der Waals surface area contributed by atoms with Gasteiger partial charge >= 0.3 is 0 Å². The van der Waals surface area contributed by atoms with Crippen LogP contribution in [-0.4, -0.2) is 30.5 Å². The van der Waals surface area contributed by atoms with Gasteiger partial charge in [0.2, 0.25) is 5.91 Å². The second kappa shape index (κ2) is 7.75. The monoisotopic (exact) mass is 383 g/mol.